The molecule has 0 fully saturated rings. The second-order valence-electron chi connectivity index (χ2n) is 13.0. The van der Waals surface area contributed by atoms with Gasteiger partial charge >= 0.3 is 0 Å². The van der Waals surface area contributed by atoms with Crippen molar-refractivity contribution < 1.29 is 0 Å². The topological polar surface area (TPSA) is 3.24 Å². The summed E-state index contributed by atoms with van der Waals surface area (Å²) in [7, 11) is 0. The zero-order valence-electron chi connectivity index (χ0n) is 26.4. The van der Waals surface area contributed by atoms with E-state index in [1.54, 1.807) is 0 Å². The van der Waals surface area contributed by atoms with Gasteiger partial charge in [-0.15, -0.1) is 11.3 Å². The van der Waals surface area contributed by atoms with Crippen LogP contribution in [0.15, 0.2) is 164 Å². The smallest absolute Gasteiger partial charge is 0.0554 e. The summed E-state index contributed by atoms with van der Waals surface area (Å²) in [5, 5.41) is 2.62. The first-order valence-electron chi connectivity index (χ1n) is 16.3. The average molecular weight is 620 g/mol. The second kappa shape index (κ2) is 10.8. The fraction of sp³-hybridized carbons (Fsp3) is 0.0667. The molecule has 47 heavy (non-hydrogen) atoms. The molecule has 1 aliphatic carbocycles. The van der Waals surface area contributed by atoms with Crippen molar-refractivity contribution in [1.82, 2.24) is 0 Å². The Hall–Kier alpha value is -5.44. The summed E-state index contributed by atoms with van der Waals surface area (Å²) in [6, 6.07) is 60.1. The lowest BCUT2D eigenvalue weighted by atomic mass is 9.82. The summed E-state index contributed by atoms with van der Waals surface area (Å²) in [4.78, 5) is 2.47. The maximum Gasteiger partial charge on any atom is 0.0554 e. The number of rotatable bonds is 5. The Labute approximate surface area is 280 Å². The van der Waals surface area contributed by atoms with E-state index in [0.717, 1.165) is 11.4 Å². The Balaban J connectivity index is 1.30. The van der Waals surface area contributed by atoms with Crippen molar-refractivity contribution in [3.63, 3.8) is 0 Å². The van der Waals surface area contributed by atoms with Crippen molar-refractivity contribution in [1.29, 1.82) is 0 Å². The standard InChI is InChI=1S/C45H33NS/c1-45(2)40-19-11-9-17-35(40)36-26-25-34(27-41(36)45)46(33-23-21-31(22-24-33)30-13-5-3-6-14-30)42-29-44-39(37-18-10-12-20-43(37)47-44)28-38(42)32-15-7-4-8-16-32/h3-29H,1-2H3. The maximum atomic E-state index is 2.47. The quantitative estimate of drug-likeness (QED) is 0.185. The average Bonchev–Trinajstić information content (AvgIpc) is 3.60. The molecule has 0 bridgehead atoms. The van der Waals surface area contributed by atoms with Gasteiger partial charge in [0.25, 0.3) is 0 Å². The summed E-state index contributed by atoms with van der Waals surface area (Å²) < 4.78 is 2.61. The summed E-state index contributed by atoms with van der Waals surface area (Å²) >= 11 is 1.87. The van der Waals surface area contributed by atoms with Crippen LogP contribution in [0.1, 0.15) is 25.0 Å². The normalized spacial score (nSPS) is 13.1. The van der Waals surface area contributed by atoms with Crippen molar-refractivity contribution in [3.05, 3.63) is 175 Å². The molecule has 8 aromatic rings. The van der Waals surface area contributed by atoms with Crippen molar-refractivity contribution in [2.75, 3.05) is 4.90 Å². The van der Waals surface area contributed by atoms with Crippen molar-refractivity contribution in [2.45, 2.75) is 19.3 Å². The zero-order chi connectivity index (χ0) is 31.5. The number of benzene rings is 7. The fourth-order valence-corrected chi connectivity index (χ4v) is 8.61. The van der Waals surface area contributed by atoms with Crippen LogP contribution >= 0.6 is 11.3 Å². The van der Waals surface area contributed by atoms with Crippen LogP contribution in [0, 0.1) is 0 Å². The molecular weight excluding hydrogens is 587 g/mol. The van der Waals surface area contributed by atoms with Crippen LogP contribution in [0.25, 0.3) is 53.6 Å². The highest BCUT2D eigenvalue weighted by Gasteiger charge is 2.36. The minimum atomic E-state index is -0.0948. The number of anilines is 3. The van der Waals surface area contributed by atoms with Gasteiger partial charge in [-0.05, 0) is 81.4 Å². The molecule has 0 radical (unpaired) electrons. The molecule has 0 aliphatic heterocycles. The first kappa shape index (κ1) is 27.8. The lowest BCUT2D eigenvalue weighted by Crippen LogP contribution is -2.16. The first-order chi connectivity index (χ1) is 23.1. The monoisotopic (exact) mass is 619 g/mol. The van der Waals surface area contributed by atoms with E-state index in [2.05, 4.69) is 183 Å². The molecule has 1 heterocycles. The molecule has 1 nitrogen and oxygen atoms in total. The number of thiophene rings is 1. The summed E-state index contributed by atoms with van der Waals surface area (Å²) in [6.45, 7) is 4.72. The molecule has 224 valence electrons. The molecule has 1 aliphatic rings. The van der Waals surface area contributed by atoms with Gasteiger partial charge < -0.3 is 4.90 Å². The Morgan fingerprint density at radius 1 is 0.426 bits per heavy atom. The van der Waals surface area contributed by atoms with Crippen LogP contribution in [0.3, 0.4) is 0 Å². The third kappa shape index (κ3) is 4.52. The number of fused-ring (bicyclic) bond motifs is 6. The van der Waals surface area contributed by atoms with E-state index in [-0.39, 0.29) is 5.41 Å². The van der Waals surface area contributed by atoms with E-state index >= 15 is 0 Å². The Kier molecular flexibility index (Phi) is 6.41. The largest absolute Gasteiger partial charge is 0.310 e. The van der Waals surface area contributed by atoms with Gasteiger partial charge in [-0.3, -0.25) is 0 Å². The lowest BCUT2D eigenvalue weighted by Gasteiger charge is -2.30. The molecule has 0 unspecified atom stereocenters. The molecule has 0 N–H and O–H groups in total. The van der Waals surface area contributed by atoms with Crippen LogP contribution in [-0.2, 0) is 5.41 Å². The predicted molar refractivity (Wildman–Crippen MR) is 202 cm³/mol. The van der Waals surface area contributed by atoms with Gasteiger partial charge in [0.15, 0.2) is 0 Å². The van der Waals surface area contributed by atoms with Crippen molar-refractivity contribution >= 4 is 48.6 Å². The van der Waals surface area contributed by atoms with E-state index in [1.807, 2.05) is 11.3 Å². The molecular formula is C45H33NS. The van der Waals surface area contributed by atoms with Gasteiger partial charge in [-0.2, -0.15) is 0 Å². The molecule has 2 heteroatoms. The molecule has 0 amide bonds. The van der Waals surface area contributed by atoms with E-state index in [4.69, 9.17) is 0 Å². The Morgan fingerprint density at radius 2 is 1.04 bits per heavy atom. The minimum Gasteiger partial charge on any atom is -0.310 e. The minimum absolute atomic E-state index is 0.0948. The SMILES string of the molecule is CC1(C)c2ccccc2-c2ccc(N(c3ccc(-c4ccccc4)cc3)c3cc4sc5ccccc5c4cc3-c3ccccc3)cc21. The maximum absolute atomic E-state index is 2.47. The van der Waals surface area contributed by atoms with E-state index in [9.17, 15) is 0 Å². The number of hydrogen-bond acceptors (Lipinski definition) is 2. The van der Waals surface area contributed by atoms with Gasteiger partial charge in [-0.1, -0.05) is 135 Å². The van der Waals surface area contributed by atoms with E-state index < -0.39 is 0 Å². The molecule has 1 aromatic heterocycles. The van der Waals surface area contributed by atoms with E-state index in [1.165, 1.54) is 70.4 Å². The van der Waals surface area contributed by atoms with Gasteiger partial charge in [0.05, 0.1) is 5.69 Å². The van der Waals surface area contributed by atoms with Crippen LogP contribution < -0.4 is 4.90 Å². The third-order valence-electron chi connectivity index (χ3n) is 9.88. The highest BCUT2D eigenvalue weighted by Crippen LogP contribution is 2.52. The predicted octanol–water partition coefficient (Wildman–Crippen LogP) is 13.2. The van der Waals surface area contributed by atoms with Crippen LogP contribution in [0.4, 0.5) is 17.1 Å². The van der Waals surface area contributed by atoms with Crippen LogP contribution in [0.5, 0.6) is 0 Å². The molecule has 0 saturated carbocycles. The molecule has 0 atom stereocenters. The first-order valence-corrected chi connectivity index (χ1v) is 17.1. The second-order valence-corrected chi connectivity index (χ2v) is 14.1. The van der Waals surface area contributed by atoms with Crippen LogP contribution in [0.2, 0.25) is 0 Å². The van der Waals surface area contributed by atoms with Gasteiger partial charge in [0.2, 0.25) is 0 Å². The van der Waals surface area contributed by atoms with Crippen LogP contribution in [-0.4, -0.2) is 0 Å². The van der Waals surface area contributed by atoms with Gasteiger partial charge in [0, 0.05) is 42.5 Å². The van der Waals surface area contributed by atoms with Gasteiger partial charge in [-0.25, -0.2) is 0 Å². The fourth-order valence-electron chi connectivity index (χ4n) is 7.49. The summed E-state index contributed by atoms with van der Waals surface area (Å²) in [6.07, 6.45) is 0. The van der Waals surface area contributed by atoms with Crippen molar-refractivity contribution in [3.8, 4) is 33.4 Å². The third-order valence-corrected chi connectivity index (χ3v) is 11.0. The molecule has 9 rings (SSSR count). The molecule has 0 saturated heterocycles. The Bertz CT molecular complexity index is 2420. The highest BCUT2D eigenvalue weighted by molar-refractivity contribution is 7.25. The summed E-state index contributed by atoms with van der Waals surface area (Å²) in [5.41, 5.74) is 13.7. The lowest BCUT2D eigenvalue weighted by molar-refractivity contribution is 0.660. The summed E-state index contributed by atoms with van der Waals surface area (Å²) in [5.74, 6) is 0. The number of nitrogens with zero attached hydrogens (tertiary/aromatic N) is 1. The van der Waals surface area contributed by atoms with E-state index in [0.29, 0.717) is 0 Å². The molecule has 7 aromatic carbocycles. The van der Waals surface area contributed by atoms with Crippen molar-refractivity contribution in [2.24, 2.45) is 0 Å². The number of hydrogen-bond donors (Lipinski definition) is 0. The molecule has 0 spiro atoms. The van der Waals surface area contributed by atoms with Gasteiger partial charge in [0.1, 0.15) is 0 Å². The Morgan fingerprint density at radius 3 is 1.83 bits per heavy atom. The highest BCUT2D eigenvalue weighted by atomic mass is 32.1. The zero-order valence-corrected chi connectivity index (χ0v) is 27.3.